The molecule has 0 aliphatic heterocycles. The molecule has 124 valence electrons. The lowest BCUT2D eigenvalue weighted by atomic mass is 10.3. The molecule has 1 N–H and O–H groups in total. The molecule has 0 amide bonds. The van der Waals surface area contributed by atoms with Gasteiger partial charge in [-0.15, -0.1) is 0 Å². The molecule has 0 radical (unpaired) electrons. The van der Waals surface area contributed by atoms with Gasteiger partial charge < -0.3 is 5.11 Å². The van der Waals surface area contributed by atoms with Gasteiger partial charge in [-0.25, -0.2) is 8.42 Å². The first-order valence-corrected chi connectivity index (χ1v) is 8.86. The van der Waals surface area contributed by atoms with Crippen molar-refractivity contribution in [1.82, 2.24) is 14.1 Å². The number of hydrogen-bond acceptors (Lipinski definition) is 4. The fourth-order valence-electron chi connectivity index (χ4n) is 2.64. The largest absolute Gasteiger partial charge is 0.480 e. The van der Waals surface area contributed by atoms with Gasteiger partial charge in [-0.2, -0.15) is 9.40 Å². The van der Waals surface area contributed by atoms with E-state index >= 15 is 0 Å². The average molecular weight is 329 g/mol. The Hall–Kier alpha value is -1.41. The number of hydrogen-bond donors (Lipinski definition) is 1. The Morgan fingerprint density at radius 2 is 2.00 bits per heavy atom. The maximum atomic E-state index is 12.9. The van der Waals surface area contributed by atoms with Gasteiger partial charge in [-0.3, -0.25) is 9.48 Å². The van der Waals surface area contributed by atoms with Crippen LogP contribution in [-0.4, -0.2) is 46.7 Å². The van der Waals surface area contributed by atoms with Crippen LogP contribution in [-0.2, 0) is 14.8 Å². The summed E-state index contributed by atoms with van der Waals surface area (Å²) in [6.07, 6.45) is 1.91. The number of aromatic nitrogens is 2. The second-order valence-corrected chi connectivity index (χ2v) is 8.05. The van der Waals surface area contributed by atoms with Crippen LogP contribution in [0, 0.1) is 19.8 Å². The van der Waals surface area contributed by atoms with E-state index in [0.717, 1.165) is 17.1 Å². The Labute approximate surface area is 131 Å². The third-order valence-corrected chi connectivity index (χ3v) is 5.88. The Morgan fingerprint density at radius 1 is 1.41 bits per heavy atom. The quantitative estimate of drug-likeness (QED) is 0.819. The second kappa shape index (κ2) is 6.00. The molecule has 0 atom stereocenters. The van der Waals surface area contributed by atoms with Gasteiger partial charge in [0.1, 0.15) is 11.4 Å². The zero-order chi connectivity index (χ0) is 16.7. The zero-order valence-corrected chi connectivity index (χ0v) is 14.2. The van der Waals surface area contributed by atoms with E-state index in [2.05, 4.69) is 5.10 Å². The molecule has 1 aromatic rings. The Morgan fingerprint density at radius 3 is 2.41 bits per heavy atom. The van der Waals surface area contributed by atoms with E-state index in [-0.39, 0.29) is 23.4 Å². The van der Waals surface area contributed by atoms with Crippen LogP contribution < -0.4 is 0 Å². The Kier molecular flexibility index (Phi) is 4.62. The highest BCUT2D eigenvalue weighted by Gasteiger charge is 2.36. The lowest BCUT2D eigenvalue weighted by molar-refractivity contribution is -0.137. The molecule has 7 nitrogen and oxygen atoms in total. The van der Waals surface area contributed by atoms with E-state index in [1.54, 1.807) is 18.5 Å². The zero-order valence-electron chi connectivity index (χ0n) is 13.4. The third kappa shape index (κ3) is 3.33. The van der Waals surface area contributed by atoms with Crippen LogP contribution in [0.4, 0.5) is 0 Å². The first-order valence-electron chi connectivity index (χ1n) is 7.42. The summed E-state index contributed by atoms with van der Waals surface area (Å²) in [7, 11) is -3.86. The fourth-order valence-corrected chi connectivity index (χ4v) is 4.47. The van der Waals surface area contributed by atoms with E-state index in [9.17, 15) is 13.2 Å². The van der Waals surface area contributed by atoms with Crippen molar-refractivity contribution < 1.29 is 18.3 Å². The van der Waals surface area contributed by atoms with E-state index in [4.69, 9.17) is 5.11 Å². The summed E-state index contributed by atoms with van der Waals surface area (Å²) in [5, 5.41) is 13.3. The molecule has 0 bridgehead atoms. The molecule has 0 saturated heterocycles. The molecule has 8 heteroatoms. The third-order valence-electron chi connectivity index (χ3n) is 3.82. The Balaban J connectivity index is 2.44. The van der Waals surface area contributed by atoms with Crippen LogP contribution in [0.1, 0.15) is 44.1 Å². The first kappa shape index (κ1) is 17.0. The molecule has 0 unspecified atom stereocenters. The number of aliphatic carboxylic acids is 1. The summed E-state index contributed by atoms with van der Waals surface area (Å²) >= 11 is 0. The van der Waals surface area contributed by atoms with Crippen molar-refractivity contribution in [3.05, 3.63) is 11.4 Å². The number of aryl methyl sites for hydroxylation is 1. The maximum absolute atomic E-state index is 12.9. The highest BCUT2D eigenvalue weighted by molar-refractivity contribution is 7.89. The topological polar surface area (TPSA) is 92.5 Å². The van der Waals surface area contributed by atoms with Gasteiger partial charge in [0.15, 0.2) is 0 Å². The standard InChI is InChI=1S/C14H23N3O4S/c1-9(2)17-11(4)14(10(3)15-17)22(20,21)16(8-13(18)19)7-12-5-6-12/h9,12H,5-8H2,1-4H3,(H,18,19). The minimum absolute atomic E-state index is 0.0407. The highest BCUT2D eigenvalue weighted by Crippen LogP contribution is 2.33. The van der Waals surface area contributed by atoms with Crippen LogP contribution in [0.25, 0.3) is 0 Å². The number of carboxylic acids is 1. The molecular formula is C14H23N3O4S. The van der Waals surface area contributed by atoms with Gasteiger partial charge in [-0.1, -0.05) is 0 Å². The van der Waals surface area contributed by atoms with Gasteiger partial charge in [0, 0.05) is 12.6 Å². The highest BCUT2D eigenvalue weighted by atomic mass is 32.2. The molecule has 1 aromatic heterocycles. The van der Waals surface area contributed by atoms with E-state index in [0.29, 0.717) is 11.4 Å². The number of sulfonamides is 1. The van der Waals surface area contributed by atoms with Crippen LogP contribution in [0.3, 0.4) is 0 Å². The lowest BCUT2D eigenvalue weighted by Crippen LogP contribution is -2.37. The molecule has 1 saturated carbocycles. The van der Waals surface area contributed by atoms with Crippen LogP contribution in [0.15, 0.2) is 4.90 Å². The minimum Gasteiger partial charge on any atom is -0.480 e. The number of rotatable bonds is 7. The molecule has 0 aromatic carbocycles. The smallest absolute Gasteiger partial charge is 0.318 e. The summed E-state index contributed by atoms with van der Waals surface area (Å²) in [5.41, 5.74) is 0.969. The number of carbonyl (C=O) groups is 1. The van der Waals surface area contributed by atoms with Crippen molar-refractivity contribution in [3.63, 3.8) is 0 Å². The van der Waals surface area contributed by atoms with Crippen molar-refractivity contribution >= 4 is 16.0 Å². The Bertz CT molecular complexity index is 675. The number of carboxylic acid groups (broad SMARTS) is 1. The number of nitrogens with zero attached hydrogens (tertiary/aromatic N) is 3. The minimum atomic E-state index is -3.86. The second-order valence-electron chi connectivity index (χ2n) is 6.17. The monoisotopic (exact) mass is 329 g/mol. The average Bonchev–Trinajstić information content (AvgIpc) is 3.12. The normalized spacial score (nSPS) is 15.7. The fraction of sp³-hybridized carbons (Fsp3) is 0.714. The molecule has 1 aliphatic carbocycles. The van der Waals surface area contributed by atoms with Gasteiger partial charge in [0.05, 0.1) is 11.4 Å². The van der Waals surface area contributed by atoms with Crippen molar-refractivity contribution in [3.8, 4) is 0 Å². The summed E-state index contributed by atoms with van der Waals surface area (Å²) in [5.74, 6) is -0.870. The van der Waals surface area contributed by atoms with Crippen molar-refractivity contribution in [2.24, 2.45) is 5.92 Å². The molecule has 22 heavy (non-hydrogen) atoms. The summed E-state index contributed by atoms with van der Waals surface area (Å²) in [6.45, 7) is 6.97. The molecule has 0 spiro atoms. The van der Waals surface area contributed by atoms with Crippen molar-refractivity contribution in [2.75, 3.05) is 13.1 Å². The first-order chi connectivity index (χ1) is 10.1. The van der Waals surface area contributed by atoms with E-state index in [1.807, 2.05) is 13.8 Å². The predicted octanol–water partition coefficient (Wildman–Crippen LogP) is 1.57. The molecule has 1 heterocycles. The molecule has 1 aliphatic rings. The molecule has 2 rings (SSSR count). The molecular weight excluding hydrogens is 306 g/mol. The van der Waals surface area contributed by atoms with E-state index < -0.39 is 22.5 Å². The summed E-state index contributed by atoms with van der Waals surface area (Å²) in [4.78, 5) is 11.2. The summed E-state index contributed by atoms with van der Waals surface area (Å²) < 4.78 is 28.6. The predicted molar refractivity (Wildman–Crippen MR) is 81.2 cm³/mol. The van der Waals surface area contributed by atoms with E-state index in [1.165, 1.54) is 0 Å². The van der Waals surface area contributed by atoms with Crippen LogP contribution in [0.5, 0.6) is 0 Å². The molecule has 1 fully saturated rings. The van der Waals surface area contributed by atoms with Crippen LogP contribution >= 0.6 is 0 Å². The van der Waals surface area contributed by atoms with Gasteiger partial charge in [0.25, 0.3) is 0 Å². The van der Waals surface area contributed by atoms with Crippen LogP contribution in [0.2, 0.25) is 0 Å². The van der Waals surface area contributed by atoms with Crippen molar-refractivity contribution in [1.29, 1.82) is 0 Å². The van der Waals surface area contributed by atoms with Gasteiger partial charge in [0.2, 0.25) is 10.0 Å². The van der Waals surface area contributed by atoms with Gasteiger partial charge in [-0.05, 0) is 46.5 Å². The lowest BCUT2D eigenvalue weighted by Gasteiger charge is -2.20. The SMILES string of the molecule is Cc1nn(C(C)C)c(C)c1S(=O)(=O)N(CC(=O)O)CC1CC1. The summed E-state index contributed by atoms with van der Waals surface area (Å²) in [6, 6.07) is 0.0407. The van der Waals surface area contributed by atoms with Crippen molar-refractivity contribution in [2.45, 2.75) is 51.5 Å². The van der Waals surface area contributed by atoms with Gasteiger partial charge >= 0.3 is 5.97 Å². The maximum Gasteiger partial charge on any atom is 0.318 e.